The number of aromatic nitrogens is 2. The molecule has 3 aromatic rings. The summed E-state index contributed by atoms with van der Waals surface area (Å²) < 4.78 is 14.9. The predicted molar refractivity (Wildman–Crippen MR) is 90.4 cm³/mol. The first-order chi connectivity index (χ1) is 10.7. The summed E-state index contributed by atoms with van der Waals surface area (Å²) in [6, 6.07) is 6.23. The number of fused-ring (bicyclic) bond motifs is 1. The Balaban J connectivity index is 1.97. The summed E-state index contributed by atoms with van der Waals surface area (Å²) in [5, 5.41) is 2.97. The number of thiazole rings is 1. The van der Waals surface area contributed by atoms with Gasteiger partial charge in [0.25, 0.3) is 5.91 Å². The normalized spacial score (nSPS) is 11.9. The Kier molecular flexibility index (Phi) is 3.72. The third kappa shape index (κ3) is 3.12. The van der Waals surface area contributed by atoms with E-state index in [9.17, 15) is 9.18 Å². The summed E-state index contributed by atoms with van der Waals surface area (Å²) in [7, 11) is 0. The molecule has 2 aromatic heterocycles. The Labute approximate surface area is 138 Å². The number of benzene rings is 1. The fourth-order valence-corrected chi connectivity index (χ4v) is 3.32. The van der Waals surface area contributed by atoms with Crippen LogP contribution < -0.4 is 5.32 Å². The lowest BCUT2D eigenvalue weighted by molar-refractivity contribution is 0.0923. The average Bonchev–Trinajstić information content (AvgIpc) is 2.98. The molecule has 0 fully saturated rings. The van der Waals surface area contributed by atoms with Crippen molar-refractivity contribution in [1.29, 1.82) is 0 Å². The van der Waals surface area contributed by atoms with Crippen LogP contribution in [-0.4, -0.2) is 20.8 Å². The number of nitrogens with one attached hydrogen (secondary N) is 1. The highest BCUT2D eigenvalue weighted by molar-refractivity contribution is 7.19. The minimum atomic E-state index is -0.283. The maximum atomic E-state index is 13.0. The number of hydrogen-bond acceptors (Lipinski definition) is 3. The first-order valence-corrected chi connectivity index (χ1v) is 8.13. The van der Waals surface area contributed by atoms with Gasteiger partial charge in [-0.2, -0.15) is 0 Å². The molecule has 2 heterocycles. The van der Waals surface area contributed by atoms with E-state index < -0.39 is 0 Å². The van der Waals surface area contributed by atoms with Crippen molar-refractivity contribution in [3.63, 3.8) is 0 Å². The van der Waals surface area contributed by atoms with Gasteiger partial charge in [-0.3, -0.25) is 9.20 Å². The van der Waals surface area contributed by atoms with Gasteiger partial charge in [0.05, 0.1) is 5.69 Å². The van der Waals surface area contributed by atoms with Gasteiger partial charge in [-0.15, -0.1) is 0 Å². The molecule has 1 N–H and O–H groups in total. The van der Waals surface area contributed by atoms with Crippen molar-refractivity contribution in [3.05, 3.63) is 46.9 Å². The van der Waals surface area contributed by atoms with Crippen molar-refractivity contribution in [3.8, 4) is 11.3 Å². The van der Waals surface area contributed by atoms with Crippen LogP contribution in [-0.2, 0) is 0 Å². The average molecular weight is 331 g/mol. The molecule has 23 heavy (non-hydrogen) atoms. The molecule has 0 aliphatic carbocycles. The van der Waals surface area contributed by atoms with E-state index in [-0.39, 0.29) is 17.3 Å². The Morgan fingerprint density at radius 1 is 1.26 bits per heavy atom. The second kappa shape index (κ2) is 5.45. The lowest BCUT2D eigenvalue weighted by Crippen LogP contribution is -2.40. The van der Waals surface area contributed by atoms with Gasteiger partial charge in [0.15, 0.2) is 4.96 Å². The van der Waals surface area contributed by atoms with Crippen LogP contribution >= 0.6 is 11.3 Å². The highest BCUT2D eigenvalue weighted by atomic mass is 32.1. The smallest absolute Gasteiger partial charge is 0.263 e. The number of imidazole rings is 1. The van der Waals surface area contributed by atoms with Crippen LogP contribution in [0, 0.1) is 12.7 Å². The lowest BCUT2D eigenvalue weighted by Gasteiger charge is -2.20. The number of aryl methyl sites for hydroxylation is 1. The topological polar surface area (TPSA) is 46.4 Å². The van der Waals surface area contributed by atoms with E-state index in [0.29, 0.717) is 4.88 Å². The Bertz CT molecular complexity index is 872. The molecular weight excluding hydrogens is 313 g/mol. The van der Waals surface area contributed by atoms with E-state index in [4.69, 9.17) is 0 Å². The largest absolute Gasteiger partial charge is 0.347 e. The molecule has 0 unspecified atom stereocenters. The number of halogens is 1. The first kappa shape index (κ1) is 15.7. The van der Waals surface area contributed by atoms with Gasteiger partial charge in [0, 0.05) is 23.0 Å². The summed E-state index contributed by atoms with van der Waals surface area (Å²) >= 11 is 1.36. The van der Waals surface area contributed by atoms with E-state index in [1.54, 1.807) is 12.1 Å². The number of carbonyl (C=O) groups is 1. The van der Waals surface area contributed by atoms with Crippen LogP contribution in [0.15, 0.2) is 30.5 Å². The minimum Gasteiger partial charge on any atom is -0.347 e. The van der Waals surface area contributed by atoms with Crippen molar-refractivity contribution in [2.75, 3.05) is 0 Å². The third-order valence-electron chi connectivity index (χ3n) is 3.39. The third-order valence-corrected chi connectivity index (χ3v) is 4.55. The zero-order valence-electron chi connectivity index (χ0n) is 13.5. The summed E-state index contributed by atoms with van der Waals surface area (Å²) in [5.74, 6) is -0.360. The van der Waals surface area contributed by atoms with Gasteiger partial charge < -0.3 is 5.32 Å². The number of hydrogen-bond donors (Lipinski definition) is 1. The molecule has 0 aliphatic rings. The van der Waals surface area contributed by atoms with Crippen LogP contribution in [0.25, 0.3) is 16.2 Å². The standard InChI is InChI=1S/C17H18FN3OS/c1-10-14(15(22)20-17(2,3)4)23-16-19-13(9-21(10)16)11-5-7-12(18)8-6-11/h5-9H,1-4H3,(H,20,22). The minimum absolute atomic E-state index is 0.0890. The molecule has 0 radical (unpaired) electrons. The SMILES string of the molecule is Cc1c(C(=O)NC(C)(C)C)sc2nc(-c3ccc(F)cc3)cn12. The predicted octanol–water partition coefficient (Wildman–Crippen LogP) is 4.04. The zero-order chi connectivity index (χ0) is 16.8. The van der Waals surface area contributed by atoms with E-state index in [0.717, 1.165) is 21.9 Å². The fraction of sp³-hybridized carbons (Fsp3) is 0.294. The number of rotatable bonds is 2. The summed E-state index contributed by atoms with van der Waals surface area (Å²) in [4.78, 5) is 18.3. The lowest BCUT2D eigenvalue weighted by atomic mass is 10.1. The van der Waals surface area contributed by atoms with Crippen molar-refractivity contribution in [2.45, 2.75) is 33.2 Å². The maximum Gasteiger partial charge on any atom is 0.263 e. The summed E-state index contributed by atoms with van der Waals surface area (Å²) in [5.41, 5.74) is 2.19. The zero-order valence-corrected chi connectivity index (χ0v) is 14.3. The number of carbonyl (C=O) groups excluding carboxylic acids is 1. The monoisotopic (exact) mass is 331 g/mol. The highest BCUT2D eigenvalue weighted by Crippen LogP contribution is 2.27. The van der Waals surface area contributed by atoms with Crippen LogP contribution in [0.4, 0.5) is 4.39 Å². The first-order valence-electron chi connectivity index (χ1n) is 7.31. The number of amides is 1. The molecular formula is C17H18FN3OS. The van der Waals surface area contributed by atoms with E-state index in [2.05, 4.69) is 10.3 Å². The second-order valence-corrected chi connectivity index (χ2v) is 7.48. The molecule has 4 nitrogen and oxygen atoms in total. The highest BCUT2D eigenvalue weighted by Gasteiger charge is 2.21. The van der Waals surface area contributed by atoms with Crippen molar-refractivity contribution in [2.24, 2.45) is 0 Å². The Morgan fingerprint density at radius 2 is 1.91 bits per heavy atom. The molecule has 0 aliphatic heterocycles. The van der Waals surface area contributed by atoms with Gasteiger partial charge >= 0.3 is 0 Å². The van der Waals surface area contributed by atoms with Gasteiger partial charge in [0.1, 0.15) is 10.7 Å². The van der Waals surface area contributed by atoms with Crippen LogP contribution in [0.3, 0.4) is 0 Å². The molecule has 3 rings (SSSR count). The van der Waals surface area contributed by atoms with Gasteiger partial charge in [-0.1, -0.05) is 11.3 Å². The van der Waals surface area contributed by atoms with Crippen LogP contribution in [0.1, 0.15) is 36.1 Å². The van der Waals surface area contributed by atoms with Crippen molar-refractivity contribution >= 4 is 22.2 Å². The molecule has 1 amide bonds. The van der Waals surface area contributed by atoms with Crippen LogP contribution in [0.2, 0.25) is 0 Å². The fourth-order valence-electron chi connectivity index (χ4n) is 2.32. The molecule has 6 heteroatoms. The van der Waals surface area contributed by atoms with Crippen molar-refractivity contribution < 1.29 is 9.18 Å². The van der Waals surface area contributed by atoms with E-state index in [1.165, 1.54) is 23.5 Å². The van der Waals surface area contributed by atoms with E-state index in [1.807, 2.05) is 38.3 Å². The van der Waals surface area contributed by atoms with Gasteiger partial charge in [-0.25, -0.2) is 9.37 Å². The number of nitrogens with zero attached hydrogens (tertiary/aromatic N) is 2. The Hall–Kier alpha value is -2.21. The quantitative estimate of drug-likeness (QED) is 0.770. The molecule has 1 aromatic carbocycles. The molecule has 0 bridgehead atoms. The molecule has 0 saturated heterocycles. The second-order valence-electron chi connectivity index (χ2n) is 6.51. The van der Waals surface area contributed by atoms with Crippen molar-refractivity contribution in [1.82, 2.24) is 14.7 Å². The summed E-state index contributed by atoms with van der Waals surface area (Å²) in [6.07, 6.45) is 1.88. The molecule has 0 spiro atoms. The molecule has 0 saturated carbocycles. The molecule has 0 atom stereocenters. The van der Waals surface area contributed by atoms with Gasteiger partial charge in [-0.05, 0) is 52.0 Å². The summed E-state index contributed by atoms with van der Waals surface area (Å²) in [6.45, 7) is 7.75. The molecule has 120 valence electrons. The Morgan fingerprint density at radius 3 is 2.48 bits per heavy atom. The van der Waals surface area contributed by atoms with Gasteiger partial charge in [0.2, 0.25) is 0 Å². The van der Waals surface area contributed by atoms with Crippen LogP contribution in [0.5, 0.6) is 0 Å². The maximum absolute atomic E-state index is 13.0. The van der Waals surface area contributed by atoms with E-state index >= 15 is 0 Å².